The maximum Gasteiger partial charge on any atom is 0.458 e. The summed E-state index contributed by atoms with van der Waals surface area (Å²) in [7, 11) is 1.38. The summed E-state index contributed by atoms with van der Waals surface area (Å²) in [4.78, 5) is 19.3. The molecule has 128 valence electrons. The minimum absolute atomic E-state index is 0.0347. The van der Waals surface area contributed by atoms with Gasteiger partial charge in [-0.3, -0.25) is 9.78 Å². The van der Waals surface area contributed by atoms with Crippen LogP contribution in [0.1, 0.15) is 16.1 Å². The molecule has 0 aromatic carbocycles. The van der Waals surface area contributed by atoms with Gasteiger partial charge in [0, 0.05) is 19.4 Å². The zero-order valence-electron chi connectivity index (χ0n) is 12.2. The van der Waals surface area contributed by atoms with Crippen molar-refractivity contribution in [2.24, 2.45) is 0 Å². The lowest BCUT2D eigenvalue weighted by Gasteiger charge is -2.21. The number of carbonyl (C=O) groups excluding carboxylic acids is 1. The topological polar surface area (TPSA) is 66.9 Å². The summed E-state index contributed by atoms with van der Waals surface area (Å²) < 4.78 is 64.3. The second-order valence-electron chi connectivity index (χ2n) is 4.61. The molecule has 0 aliphatic rings. The number of alkyl halides is 5. The molecule has 1 amide bonds. The lowest BCUT2D eigenvalue weighted by molar-refractivity contribution is -0.289. The Kier molecular flexibility index (Phi) is 4.67. The molecule has 0 saturated carbocycles. The molecule has 0 spiro atoms. The molecule has 0 atom stereocenters. The van der Waals surface area contributed by atoms with Gasteiger partial charge in [0.15, 0.2) is 0 Å². The highest BCUT2D eigenvalue weighted by molar-refractivity contribution is 6.04. The Morgan fingerprint density at radius 2 is 1.83 bits per heavy atom. The van der Waals surface area contributed by atoms with Crippen LogP contribution < -0.4 is 10.6 Å². The van der Waals surface area contributed by atoms with Crippen molar-refractivity contribution >= 4 is 17.4 Å². The average molecular weight is 346 g/mol. The van der Waals surface area contributed by atoms with E-state index in [1.807, 2.05) is 0 Å². The van der Waals surface area contributed by atoms with Crippen LogP contribution in [0.25, 0.3) is 0 Å². The van der Waals surface area contributed by atoms with E-state index >= 15 is 0 Å². The van der Waals surface area contributed by atoms with Crippen molar-refractivity contribution in [1.82, 2.24) is 9.97 Å². The van der Waals surface area contributed by atoms with Crippen molar-refractivity contribution in [3.63, 3.8) is 0 Å². The zero-order chi connectivity index (χ0) is 18.0. The Morgan fingerprint density at radius 1 is 1.12 bits per heavy atom. The largest absolute Gasteiger partial charge is 0.458 e. The third-order valence-corrected chi connectivity index (χ3v) is 2.99. The number of halogens is 5. The van der Waals surface area contributed by atoms with Crippen LogP contribution in [0, 0.1) is 0 Å². The number of rotatable bonds is 4. The van der Waals surface area contributed by atoms with Gasteiger partial charge < -0.3 is 10.6 Å². The van der Waals surface area contributed by atoms with Crippen molar-refractivity contribution in [2.45, 2.75) is 12.1 Å². The number of hydrogen-bond acceptors (Lipinski definition) is 4. The molecular weight excluding hydrogens is 335 g/mol. The SMILES string of the molecule is CNc1ncc(C(F)(F)C(F)(F)F)cc1NC(=O)c1ccccn1. The highest BCUT2D eigenvalue weighted by Crippen LogP contribution is 2.44. The van der Waals surface area contributed by atoms with Gasteiger partial charge in [0.05, 0.1) is 11.3 Å². The van der Waals surface area contributed by atoms with Gasteiger partial charge in [0.25, 0.3) is 5.91 Å². The molecular formula is C14H11F5N4O. The predicted molar refractivity (Wildman–Crippen MR) is 75.9 cm³/mol. The summed E-state index contributed by atoms with van der Waals surface area (Å²) in [6, 6.07) is 4.96. The van der Waals surface area contributed by atoms with E-state index in [2.05, 4.69) is 20.6 Å². The maximum atomic E-state index is 13.4. The average Bonchev–Trinajstić information content (AvgIpc) is 2.54. The summed E-state index contributed by atoms with van der Waals surface area (Å²) >= 11 is 0. The molecule has 24 heavy (non-hydrogen) atoms. The summed E-state index contributed by atoms with van der Waals surface area (Å²) in [5.41, 5.74) is -1.74. The van der Waals surface area contributed by atoms with E-state index in [-0.39, 0.29) is 17.2 Å². The van der Waals surface area contributed by atoms with Crippen LogP contribution in [0.15, 0.2) is 36.7 Å². The number of nitrogens with zero attached hydrogens (tertiary/aromatic N) is 2. The second kappa shape index (κ2) is 6.38. The molecule has 0 aliphatic carbocycles. The number of carbonyl (C=O) groups is 1. The summed E-state index contributed by atoms with van der Waals surface area (Å²) in [6.45, 7) is 0. The van der Waals surface area contributed by atoms with Gasteiger partial charge in [-0.1, -0.05) is 6.07 Å². The van der Waals surface area contributed by atoms with Crippen LogP contribution in [0.4, 0.5) is 33.5 Å². The molecule has 2 aromatic heterocycles. The molecule has 0 aliphatic heterocycles. The van der Waals surface area contributed by atoms with Crippen molar-refractivity contribution in [1.29, 1.82) is 0 Å². The molecule has 2 aromatic rings. The van der Waals surface area contributed by atoms with Gasteiger partial charge in [-0.15, -0.1) is 0 Å². The first-order valence-electron chi connectivity index (χ1n) is 6.52. The monoisotopic (exact) mass is 346 g/mol. The van der Waals surface area contributed by atoms with Crippen LogP contribution in [0.5, 0.6) is 0 Å². The molecule has 10 heteroatoms. The Labute approximate surface area is 132 Å². The first-order valence-corrected chi connectivity index (χ1v) is 6.52. The number of anilines is 2. The van der Waals surface area contributed by atoms with E-state index in [4.69, 9.17) is 0 Å². The number of hydrogen-bond donors (Lipinski definition) is 2. The van der Waals surface area contributed by atoms with Crippen molar-refractivity contribution in [3.05, 3.63) is 47.9 Å². The van der Waals surface area contributed by atoms with Crippen LogP contribution in [-0.2, 0) is 5.92 Å². The van der Waals surface area contributed by atoms with E-state index in [0.29, 0.717) is 12.3 Å². The summed E-state index contributed by atoms with van der Waals surface area (Å²) in [5, 5.41) is 4.71. The van der Waals surface area contributed by atoms with E-state index < -0.39 is 23.6 Å². The molecule has 0 bridgehead atoms. The van der Waals surface area contributed by atoms with Gasteiger partial charge in [0.1, 0.15) is 11.5 Å². The minimum atomic E-state index is -5.78. The first-order chi connectivity index (χ1) is 11.2. The number of pyridine rings is 2. The highest BCUT2D eigenvalue weighted by Gasteiger charge is 2.59. The smallest absolute Gasteiger partial charge is 0.371 e. The number of nitrogens with one attached hydrogen (secondary N) is 2. The van der Waals surface area contributed by atoms with Crippen molar-refractivity contribution in [3.8, 4) is 0 Å². The van der Waals surface area contributed by atoms with E-state index in [1.54, 1.807) is 6.07 Å². The Balaban J connectivity index is 2.39. The summed E-state index contributed by atoms with van der Waals surface area (Å²) in [5.74, 6) is -5.95. The lowest BCUT2D eigenvalue weighted by Crippen LogP contribution is -2.34. The van der Waals surface area contributed by atoms with E-state index in [1.165, 1.54) is 25.4 Å². The van der Waals surface area contributed by atoms with E-state index in [0.717, 1.165) is 0 Å². The van der Waals surface area contributed by atoms with Gasteiger partial charge in [-0.05, 0) is 18.2 Å². The van der Waals surface area contributed by atoms with Crippen LogP contribution in [0.3, 0.4) is 0 Å². The van der Waals surface area contributed by atoms with E-state index in [9.17, 15) is 26.7 Å². The normalized spacial score (nSPS) is 11.9. The third-order valence-electron chi connectivity index (χ3n) is 2.99. The predicted octanol–water partition coefficient (Wildman–Crippen LogP) is 3.42. The van der Waals surface area contributed by atoms with Gasteiger partial charge >= 0.3 is 12.1 Å². The molecule has 2 rings (SSSR count). The molecule has 0 saturated heterocycles. The Bertz CT molecular complexity index is 734. The van der Waals surface area contributed by atoms with Crippen LogP contribution >= 0.6 is 0 Å². The number of amides is 1. The van der Waals surface area contributed by atoms with Gasteiger partial charge in [-0.2, -0.15) is 22.0 Å². The lowest BCUT2D eigenvalue weighted by atomic mass is 10.1. The fourth-order valence-electron chi connectivity index (χ4n) is 1.78. The first kappa shape index (κ1) is 17.6. The molecule has 5 nitrogen and oxygen atoms in total. The summed E-state index contributed by atoms with van der Waals surface area (Å²) in [6.07, 6.45) is -4.05. The second-order valence-corrected chi connectivity index (χ2v) is 4.61. The Hall–Kier alpha value is -2.78. The van der Waals surface area contributed by atoms with Crippen LogP contribution in [-0.4, -0.2) is 29.1 Å². The van der Waals surface area contributed by atoms with Crippen molar-refractivity contribution in [2.75, 3.05) is 17.7 Å². The molecule has 0 unspecified atom stereocenters. The fraction of sp³-hybridized carbons (Fsp3) is 0.214. The molecule has 0 fully saturated rings. The van der Waals surface area contributed by atoms with Crippen molar-refractivity contribution < 1.29 is 26.7 Å². The maximum absolute atomic E-state index is 13.4. The fourth-order valence-corrected chi connectivity index (χ4v) is 1.78. The molecule has 0 radical (unpaired) electrons. The Morgan fingerprint density at radius 3 is 2.38 bits per heavy atom. The molecule has 2 N–H and O–H groups in total. The van der Waals surface area contributed by atoms with Crippen LogP contribution in [0.2, 0.25) is 0 Å². The third kappa shape index (κ3) is 3.42. The molecule has 2 heterocycles. The quantitative estimate of drug-likeness (QED) is 0.833. The minimum Gasteiger partial charge on any atom is -0.371 e. The van der Waals surface area contributed by atoms with Gasteiger partial charge in [-0.25, -0.2) is 4.98 Å². The highest BCUT2D eigenvalue weighted by atomic mass is 19.4. The standard InChI is InChI=1S/C14H11F5N4O/c1-20-11-10(23-12(24)9-4-2-3-5-21-9)6-8(7-22-11)13(15,16)14(17,18)19/h2-7H,1H3,(H,20,22)(H,23,24). The number of aromatic nitrogens is 2. The van der Waals surface area contributed by atoms with Gasteiger partial charge in [0.2, 0.25) is 0 Å². The zero-order valence-corrected chi connectivity index (χ0v) is 12.2.